The number of aliphatic hydroxyl groups is 1. The van der Waals surface area contributed by atoms with Gasteiger partial charge in [-0.3, -0.25) is 14.2 Å². The van der Waals surface area contributed by atoms with Gasteiger partial charge < -0.3 is 14.6 Å². The van der Waals surface area contributed by atoms with Gasteiger partial charge in [-0.1, -0.05) is 11.6 Å². The maximum absolute atomic E-state index is 13.2. The largest absolute Gasteiger partial charge is 0.497 e. The molecule has 1 heterocycles. The second-order valence-electron chi connectivity index (χ2n) is 6.80. The number of esters is 1. The molecule has 7 heteroatoms. The summed E-state index contributed by atoms with van der Waals surface area (Å²) in [7, 11) is 1.56. The lowest BCUT2D eigenvalue weighted by Gasteiger charge is -2.09. The van der Waals surface area contributed by atoms with Crippen LogP contribution in [-0.2, 0) is 16.0 Å². The van der Waals surface area contributed by atoms with Crippen molar-refractivity contribution in [3.05, 3.63) is 64.3 Å². The smallest absolute Gasteiger partial charge is 0.310 e. The van der Waals surface area contributed by atoms with Crippen LogP contribution in [0.15, 0.2) is 42.5 Å². The Bertz CT molecular complexity index is 1050. The lowest BCUT2D eigenvalue weighted by molar-refractivity contribution is -0.145. The molecular weight excluding hydrogens is 394 g/mol. The molecule has 0 aliphatic carbocycles. The molecule has 3 rings (SSSR count). The molecule has 0 saturated carbocycles. The molecule has 29 heavy (non-hydrogen) atoms. The van der Waals surface area contributed by atoms with Gasteiger partial charge in [-0.2, -0.15) is 0 Å². The van der Waals surface area contributed by atoms with Crippen molar-refractivity contribution >= 4 is 34.4 Å². The Labute approximate surface area is 173 Å². The van der Waals surface area contributed by atoms with Crippen LogP contribution in [0.4, 0.5) is 0 Å². The number of rotatable bonds is 6. The van der Waals surface area contributed by atoms with Crippen molar-refractivity contribution < 1.29 is 24.2 Å². The number of hydrogen-bond acceptors (Lipinski definition) is 5. The Hall–Kier alpha value is -2.83. The zero-order chi connectivity index (χ0) is 21.1. The van der Waals surface area contributed by atoms with E-state index in [1.165, 1.54) is 0 Å². The first kappa shape index (κ1) is 20.9. The van der Waals surface area contributed by atoms with Crippen LogP contribution in [0, 0.1) is 6.92 Å². The fourth-order valence-electron chi connectivity index (χ4n) is 3.20. The van der Waals surface area contributed by atoms with E-state index in [1.807, 2.05) is 0 Å². The summed E-state index contributed by atoms with van der Waals surface area (Å²) in [6.07, 6.45) is -0.767. The predicted molar refractivity (Wildman–Crippen MR) is 111 cm³/mol. The number of hydrogen-bond donors (Lipinski definition) is 1. The summed E-state index contributed by atoms with van der Waals surface area (Å²) in [4.78, 5) is 25.5. The second kappa shape index (κ2) is 8.68. The van der Waals surface area contributed by atoms with Crippen molar-refractivity contribution in [1.29, 1.82) is 0 Å². The SMILES string of the molecule is COc1ccc2c(c1)c(CC(=O)OC[C@H](C)O)c(C)n2C(=O)c1ccc(Cl)cc1. The van der Waals surface area contributed by atoms with Crippen LogP contribution >= 0.6 is 11.6 Å². The highest BCUT2D eigenvalue weighted by Gasteiger charge is 2.22. The maximum Gasteiger partial charge on any atom is 0.310 e. The normalized spacial score (nSPS) is 12.0. The van der Waals surface area contributed by atoms with Crippen LogP contribution in [0.3, 0.4) is 0 Å². The average molecular weight is 416 g/mol. The van der Waals surface area contributed by atoms with Crippen molar-refractivity contribution in [2.45, 2.75) is 26.4 Å². The Balaban J connectivity index is 2.08. The minimum Gasteiger partial charge on any atom is -0.497 e. The number of nitrogens with zero attached hydrogens (tertiary/aromatic N) is 1. The molecular formula is C22H22ClNO5. The standard InChI is InChI=1S/C22H22ClNO5/c1-13(25)12-29-21(26)11-18-14(2)24(20-9-8-17(28-3)10-19(18)20)22(27)15-4-6-16(23)7-5-15/h4-10,13,25H,11-12H2,1-3H3/t13-/m0/s1. The van der Waals surface area contributed by atoms with Gasteiger partial charge in [-0.25, -0.2) is 0 Å². The minimum atomic E-state index is -0.743. The molecule has 0 fully saturated rings. The fourth-order valence-corrected chi connectivity index (χ4v) is 3.33. The molecule has 1 atom stereocenters. The molecule has 1 aromatic heterocycles. The third kappa shape index (κ3) is 4.44. The molecule has 2 aromatic carbocycles. The number of carbonyl (C=O) groups excluding carboxylic acids is 2. The van der Waals surface area contributed by atoms with Crippen LogP contribution in [0.5, 0.6) is 5.75 Å². The molecule has 0 aliphatic heterocycles. The average Bonchev–Trinajstić information content (AvgIpc) is 2.97. The summed E-state index contributed by atoms with van der Waals surface area (Å²) in [6.45, 7) is 3.25. The van der Waals surface area contributed by atoms with E-state index in [4.69, 9.17) is 21.1 Å². The molecule has 1 N–H and O–H groups in total. The molecule has 0 unspecified atom stereocenters. The van der Waals surface area contributed by atoms with E-state index in [0.29, 0.717) is 33.1 Å². The number of aliphatic hydroxyl groups excluding tert-OH is 1. The highest BCUT2D eigenvalue weighted by Crippen LogP contribution is 2.31. The fraction of sp³-hybridized carbons (Fsp3) is 0.273. The zero-order valence-corrected chi connectivity index (χ0v) is 17.2. The summed E-state index contributed by atoms with van der Waals surface area (Å²) in [5.41, 5.74) is 2.47. The van der Waals surface area contributed by atoms with Crippen molar-refractivity contribution in [3.63, 3.8) is 0 Å². The Kier molecular flexibility index (Phi) is 6.25. The molecule has 0 saturated heterocycles. The minimum absolute atomic E-state index is 0.0247. The van der Waals surface area contributed by atoms with Crippen LogP contribution < -0.4 is 4.74 Å². The van der Waals surface area contributed by atoms with Gasteiger partial charge >= 0.3 is 5.97 Å². The number of aromatic nitrogens is 1. The van der Waals surface area contributed by atoms with Gasteiger partial charge in [-0.15, -0.1) is 0 Å². The lowest BCUT2D eigenvalue weighted by Crippen LogP contribution is -2.17. The molecule has 3 aromatic rings. The Morgan fingerprint density at radius 3 is 2.48 bits per heavy atom. The monoisotopic (exact) mass is 415 g/mol. The van der Waals surface area contributed by atoms with E-state index in [9.17, 15) is 14.7 Å². The summed E-state index contributed by atoms with van der Waals surface area (Å²) >= 11 is 5.93. The lowest BCUT2D eigenvalue weighted by atomic mass is 10.1. The van der Waals surface area contributed by atoms with Gasteiger partial charge in [0.15, 0.2) is 0 Å². The summed E-state index contributed by atoms with van der Waals surface area (Å²) in [5.74, 6) is -0.0834. The van der Waals surface area contributed by atoms with Crippen molar-refractivity contribution in [2.75, 3.05) is 13.7 Å². The first-order chi connectivity index (χ1) is 13.8. The van der Waals surface area contributed by atoms with Gasteiger partial charge in [-0.05, 0) is 61.9 Å². The molecule has 0 spiro atoms. The van der Waals surface area contributed by atoms with Crippen molar-refractivity contribution in [2.24, 2.45) is 0 Å². The summed E-state index contributed by atoms with van der Waals surface area (Å²) in [5, 5.41) is 10.6. The first-order valence-corrected chi connectivity index (χ1v) is 9.51. The molecule has 0 aliphatic rings. The van der Waals surface area contributed by atoms with Crippen LogP contribution in [0.1, 0.15) is 28.5 Å². The van der Waals surface area contributed by atoms with Crippen LogP contribution in [0.25, 0.3) is 10.9 Å². The molecule has 152 valence electrons. The van der Waals surface area contributed by atoms with E-state index < -0.39 is 12.1 Å². The quantitative estimate of drug-likeness (QED) is 0.620. The molecule has 0 bridgehead atoms. The van der Waals surface area contributed by atoms with Gasteiger partial charge in [0.25, 0.3) is 5.91 Å². The highest BCUT2D eigenvalue weighted by atomic mass is 35.5. The van der Waals surface area contributed by atoms with Crippen molar-refractivity contribution in [1.82, 2.24) is 4.57 Å². The second-order valence-corrected chi connectivity index (χ2v) is 7.24. The van der Waals surface area contributed by atoms with E-state index in [1.54, 1.807) is 68.0 Å². The maximum atomic E-state index is 13.2. The molecule has 0 amide bonds. The van der Waals surface area contributed by atoms with E-state index in [0.717, 1.165) is 5.39 Å². The number of carbonyl (C=O) groups is 2. The van der Waals surface area contributed by atoms with Crippen molar-refractivity contribution in [3.8, 4) is 5.75 Å². The number of fused-ring (bicyclic) bond motifs is 1. The number of ether oxygens (including phenoxy) is 2. The van der Waals surface area contributed by atoms with Gasteiger partial charge in [0.05, 0.1) is 25.2 Å². The van der Waals surface area contributed by atoms with Crippen LogP contribution in [0.2, 0.25) is 5.02 Å². The van der Waals surface area contributed by atoms with Gasteiger partial charge in [0.1, 0.15) is 12.4 Å². The molecule has 6 nitrogen and oxygen atoms in total. The van der Waals surface area contributed by atoms with Gasteiger partial charge in [0.2, 0.25) is 0 Å². The number of benzene rings is 2. The highest BCUT2D eigenvalue weighted by molar-refractivity contribution is 6.30. The predicted octanol–water partition coefficient (Wildman–Crippen LogP) is 3.77. The Morgan fingerprint density at radius 2 is 1.86 bits per heavy atom. The zero-order valence-electron chi connectivity index (χ0n) is 16.4. The topological polar surface area (TPSA) is 77.8 Å². The third-order valence-corrected chi connectivity index (χ3v) is 4.89. The van der Waals surface area contributed by atoms with Gasteiger partial charge in [0, 0.05) is 21.7 Å². The molecule has 0 radical (unpaired) electrons. The number of halogens is 1. The summed E-state index contributed by atoms with van der Waals surface area (Å²) in [6, 6.07) is 12.0. The van der Waals surface area contributed by atoms with Crippen LogP contribution in [-0.4, -0.2) is 41.4 Å². The summed E-state index contributed by atoms with van der Waals surface area (Å²) < 4.78 is 12.0. The van der Waals surface area contributed by atoms with E-state index >= 15 is 0 Å². The van der Waals surface area contributed by atoms with E-state index in [2.05, 4.69) is 0 Å². The third-order valence-electron chi connectivity index (χ3n) is 4.64. The Morgan fingerprint density at radius 1 is 1.17 bits per heavy atom. The number of methoxy groups -OCH3 is 1. The first-order valence-electron chi connectivity index (χ1n) is 9.13. The van der Waals surface area contributed by atoms with E-state index in [-0.39, 0.29) is 18.9 Å².